The monoisotopic (exact) mass is 1000 g/mol. The van der Waals surface area contributed by atoms with Crippen molar-refractivity contribution in [1.29, 1.82) is 0 Å². The summed E-state index contributed by atoms with van der Waals surface area (Å²) in [5, 5.41) is 0. The zero-order valence-corrected chi connectivity index (χ0v) is 48.5. The Morgan fingerprint density at radius 1 is 0.225 bits per heavy atom. The molecule has 0 aromatic heterocycles. The van der Waals surface area contributed by atoms with Gasteiger partial charge in [-0.05, 0) is 19.3 Å². The minimum atomic E-state index is -0.762. The number of esters is 3. The van der Waals surface area contributed by atoms with Gasteiger partial charge >= 0.3 is 17.9 Å². The van der Waals surface area contributed by atoms with Crippen molar-refractivity contribution in [2.75, 3.05) is 13.2 Å². The van der Waals surface area contributed by atoms with E-state index in [0.717, 1.165) is 57.8 Å². The van der Waals surface area contributed by atoms with Crippen LogP contribution in [0.25, 0.3) is 0 Å². The fraction of sp³-hybridized carbons (Fsp3) is 0.954. The third-order valence-corrected chi connectivity index (χ3v) is 15.1. The van der Waals surface area contributed by atoms with Gasteiger partial charge in [0.15, 0.2) is 6.10 Å². The molecule has 6 nitrogen and oxygen atoms in total. The lowest BCUT2D eigenvalue weighted by molar-refractivity contribution is -0.167. The van der Waals surface area contributed by atoms with Crippen LogP contribution >= 0.6 is 0 Å². The largest absolute Gasteiger partial charge is 0.462 e. The lowest BCUT2D eigenvalue weighted by Gasteiger charge is -2.18. The lowest BCUT2D eigenvalue weighted by Crippen LogP contribution is -2.30. The molecule has 0 aliphatic heterocycles. The maximum absolute atomic E-state index is 12.9. The lowest BCUT2D eigenvalue weighted by atomic mass is 10.0. The SMILES string of the molecule is CCCCCCCCCCCCCCCCCCCCCC(=O)OCC(COC(=O)CCCCCCCCCCCCCCCCCCCCC)OC(=O)CCCCCCCCCCCCCCCCC. The molecule has 0 spiro atoms. The number of carbonyl (C=O) groups is 3. The number of carbonyl (C=O) groups excluding carboxylic acids is 3. The van der Waals surface area contributed by atoms with Gasteiger partial charge in [-0.25, -0.2) is 0 Å². The van der Waals surface area contributed by atoms with E-state index in [1.807, 2.05) is 0 Å². The molecule has 0 atom stereocenters. The highest BCUT2D eigenvalue weighted by atomic mass is 16.6. The Balaban J connectivity index is 4.26. The molecule has 0 aliphatic rings. The molecule has 6 heteroatoms. The molecule has 422 valence electrons. The summed E-state index contributed by atoms with van der Waals surface area (Å²) in [4.78, 5) is 38.3. The van der Waals surface area contributed by atoms with Gasteiger partial charge in [0.1, 0.15) is 13.2 Å². The van der Waals surface area contributed by atoms with E-state index in [-0.39, 0.29) is 31.1 Å². The van der Waals surface area contributed by atoms with Crippen molar-refractivity contribution in [2.45, 2.75) is 386 Å². The molecule has 0 aliphatic carbocycles. The molecule has 71 heavy (non-hydrogen) atoms. The average molecular weight is 1000 g/mol. The van der Waals surface area contributed by atoms with Crippen molar-refractivity contribution < 1.29 is 28.6 Å². The fourth-order valence-electron chi connectivity index (χ4n) is 10.2. The van der Waals surface area contributed by atoms with Crippen LogP contribution in [0.3, 0.4) is 0 Å². The molecular weight excluding hydrogens is 877 g/mol. The number of hydrogen-bond acceptors (Lipinski definition) is 6. The maximum Gasteiger partial charge on any atom is 0.306 e. The highest BCUT2D eigenvalue weighted by Crippen LogP contribution is 2.19. The van der Waals surface area contributed by atoms with E-state index in [9.17, 15) is 14.4 Å². The minimum Gasteiger partial charge on any atom is -0.462 e. The number of rotatable bonds is 61. The highest BCUT2D eigenvalue weighted by molar-refractivity contribution is 5.71. The van der Waals surface area contributed by atoms with Gasteiger partial charge in [-0.1, -0.05) is 342 Å². The summed E-state index contributed by atoms with van der Waals surface area (Å²) in [6, 6.07) is 0. The van der Waals surface area contributed by atoms with Crippen molar-refractivity contribution in [3.63, 3.8) is 0 Å². The van der Waals surface area contributed by atoms with Crippen LogP contribution in [0.15, 0.2) is 0 Å². The Kier molecular flexibility index (Phi) is 59.6. The predicted octanol–water partition coefficient (Wildman–Crippen LogP) is 21.9. The maximum atomic E-state index is 12.9. The van der Waals surface area contributed by atoms with Crippen molar-refractivity contribution >= 4 is 17.9 Å². The molecule has 0 aromatic carbocycles. The summed E-state index contributed by atoms with van der Waals surface area (Å²) < 4.78 is 17.0. The molecule has 0 radical (unpaired) electrons. The Bertz CT molecular complexity index is 1000. The van der Waals surface area contributed by atoms with Crippen LogP contribution in [0.5, 0.6) is 0 Å². The van der Waals surface area contributed by atoms with E-state index in [1.165, 1.54) is 283 Å². The first-order chi connectivity index (χ1) is 35.0. The second kappa shape index (κ2) is 61.0. The van der Waals surface area contributed by atoms with E-state index in [2.05, 4.69) is 20.8 Å². The first kappa shape index (κ1) is 69.4. The van der Waals surface area contributed by atoms with Crippen LogP contribution < -0.4 is 0 Å². The normalized spacial score (nSPS) is 11.5. The van der Waals surface area contributed by atoms with E-state index < -0.39 is 6.10 Å². The minimum absolute atomic E-state index is 0.0604. The van der Waals surface area contributed by atoms with Gasteiger partial charge in [0.05, 0.1) is 0 Å². The van der Waals surface area contributed by atoms with Crippen molar-refractivity contribution in [3.8, 4) is 0 Å². The Labute approximate surface area is 444 Å². The van der Waals surface area contributed by atoms with Gasteiger partial charge in [0.2, 0.25) is 0 Å². The number of unbranched alkanes of at least 4 members (excludes halogenated alkanes) is 50. The summed E-state index contributed by atoms with van der Waals surface area (Å²) in [5.74, 6) is -0.823. The second-order valence-electron chi connectivity index (χ2n) is 22.4. The van der Waals surface area contributed by atoms with Gasteiger partial charge in [-0.3, -0.25) is 14.4 Å². The van der Waals surface area contributed by atoms with Crippen LogP contribution in [0.1, 0.15) is 380 Å². The summed E-state index contributed by atoms with van der Waals surface area (Å²) in [6.45, 7) is 6.73. The van der Waals surface area contributed by atoms with Gasteiger partial charge in [0, 0.05) is 19.3 Å². The van der Waals surface area contributed by atoms with Crippen LogP contribution in [0, 0.1) is 0 Å². The topological polar surface area (TPSA) is 78.9 Å². The molecule has 0 fully saturated rings. The van der Waals surface area contributed by atoms with Gasteiger partial charge < -0.3 is 14.2 Å². The van der Waals surface area contributed by atoms with Crippen LogP contribution in [0.2, 0.25) is 0 Å². The summed E-state index contributed by atoms with van der Waals surface area (Å²) in [6.07, 6.45) is 69.6. The molecule has 0 aromatic rings. The third-order valence-electron chi connectivity index (χ3n) is 15.1. The second-order valence-corrected chi connectivity index (χ2v) is 22.4. The van der Waals surface area contributed by atoms with Crippen LogP contribution in [-0.4, -0.2) is 37.2 Å². The van der Waals surface area contributed by atoms with E-state index in [0.29, 0.717) is 19.3 Å². The van der Waals surface area contributed by atoms with Gasteiger partial charge in [0.25, 0.3) is 0 Å². The molecule has 0 N–H and O–H groups in total. The molecule has 0 unspecified atom stereocenters. The number of hydrogen-bond donors (Lipinski definition) is 0. The standard InChI is InChI=1S/C65H126O6/c1-4-7-10-13-16-19-22-25-28-30-32-34-37-39-42-45-48-51-54-57-63(66)69-60-62(71-65(68)59-56-53-50-47-44-41-36-27-24-21-18-15-12-9-6-3)61-70-64(67)58-55-52-49-46-43-40-38-35-33-31-29-26-23-20-17-14-11-8-5-2/h62H,4-61H2,1-3H3. The van der Waals surface area contributed by atoms with Crippen molar-refractivity contribution in [3.05, 3.63) is 0 Å². The third kappa shape index (κ3) is 59.2. The Morgan fingerprint density at radius 3 is 0.563 bits per heavy atom. The van der Waals surface area contributed by atoms with Crippen LogP contribution in [0.4, 0.5) is 0 Å². The van der Waals surface area contributed by atoms with Gasteiger partial charge in [-0.15, -0.1) is 0 Å². The molecule has 0 bridgehead atoms. The molecule has 0 saturated heterocycles. The van der Waals surface area contributed by atoms with Gasteiger partial charge in [-0.2, -0.15) is 0 Å². The summed E-state index contributed by atoms with van der Waals surface area (Å²) >= 11 is 0. The highest BCUT2D eigenvalue weighted by Gasteiger charge is 2.19. The number of ether oxygens (including phenoxy) is 3. The summed E-state index contributed by atoms with van der Waals surface area (Å²) in [7, 11) is 0. The molecular formula is C65H126O6. The Morgan fingerprint density at radius 2 is 0.380 bits per heavy atom. The molecule has 0 rings (SSSR count). The first-order valence-electron chi connectivity index (χ1n) is 32.5. The average Bonchev–Trinajstić information content (AvgIpc) is 3.37. The van der Waals surface area contributed by atoms with Crippen LogP contribution in [-0.2, 0) is 28.6 Å². The predicted molar refractivity (Wildman–Crippen MR) is 307 cm³/mol. The zero-order chi connectivity index (χ0) is 51.4. The van der Waals surface area contributed by atoms with E-state index in [1.54, 1.807) is 0 Å². The molecule has 0 heterocycles. The van der Waals surface area contributed by atoms with E-state index in [4.69, 9.17) is 14.2 Å². The quantitative estimate of drug-likeness (QED) is 0.0343. The zero-order valence-electron chi connectivity index (χ0n) is 48.5. The first-order valence-corrected chi connectivity index (χ1v) is 32.5. The fourth-order valence-corrected chi connectivity index (χ4v) is 10.2. The molecule has 0 amide bonds. The van der Waals surface area contributed by atoms with Crippen molar-refractivity contribution in [1.82, 2.24) is 0 Å². The van der Waals surface area contributed by atoms with E-state index >= 15 is 0 Å². The van der Waals surface area contributed by atoms with Crippen molar-refractivity contribution in [2.24, 2.45) is 0 Å². The summed E-state index contributed by atoms with van der Waals surface area (Å²) in [5.41, 5.74) is 0. The molecule has 0 saturated carbocycles. The smallest absolute Gasteiger partial charge is 0.306 e. The Hall–Kier alpha value is -1.59.